The second kappa shape index (κ2) is 11.4. The van der Waals surface area contributed by atoms with Crippen molar-refractivity contribution in [2.45, 2.75) is 47.9 Å². The Morgan fingerprint density at radius 3 is 0.846 bits per heavy atom. The number of ether oxygens (including phenoxy) is 3. The van der Waals surface area contributed by atoms with Crippen molar-refractivity contribution in [1.29, 1.82) is 0 Å². The SMILES string of the molecule is CCOC(Br)(OC(Br)(OCC)c1cc(C(F)(F)F)cc(C(F)(F)F)c1)c1cc(C(F)(F)F)cc(C(F)(F)F)c1. The molecule has 0 saturated carbocycles. The predicted octanol–water partition coefficient (Wildman–Crippen LogP) is 9.56. The largest absolute Gasteiger partial charge is 0.416 e. The van der Waals surface area contributed by atoms with Crippen LogP contribution in [0.3, 0.4) is 0 Å². The molecule has 0 aromatic heterocycles. The Labute approximate surface area is 229 Å². The number of hydrogen-bond acceptors (Lipinski definition) is 3. The maximum Gasteiger partial charge on any atom is 0.416 e. The highest BCUT2D eigenvalue weighted by atomic mass is 79.9. The highest BCUT2D eigenvalue weighted by molar-refractivity contribution is 9.10. The Morgan fingerprint density at radius 1 is 0.462 bits per heavy atom. The zero-order chi connectivity index (χ0) is 30.2. The molecule has 2 unspecified atom stereocenters. The second-order valence-electron chi connectivity index (χ2n) is 7.63. The molecule has 0 amide bonds. The van der Waals surface area contributed by atoms with Crippen LogP contribution in [0, 0.1) is 0 Å². The molecule has 2 aromatic rings. The summed E-state index contributed by atoms with van der Waals surface area (Å²) in [5, 5.41) is 0. The van der Waals surface area contributed by atoms with Crippen LogP contribution in [0.4, 0.5) is 52.7 Å². The summed E-state index contributed by atoms with van der Waals surface area (Å²) in [5.41, 5.74) is -9.16. The number of benzene rings is 2. The lowest BCUT2D eigenvalue weighted by Crippen LogP contribution is -2.38. The van der Waals surface area contributed by atoms with Gasteiger partial charge < -0.3 is 9.47 Å². The third kappa shape index (κ3) is 8.24. The zero-order valence-corrected chi connectivity index (χ0v) is 22.6. The van der Waals surface area contributed by atoms with Gasteiger partial charge in [-0.25, -0.2) is 0 Å². The standard InChI is InChI=1S/C22H16Br2F12O3/c1-3-37-17(23,11-5-13(19(25,26)27)9-14(6-11)20(28,29)30)39-18(24,38-4-2)12-7-15(21(31,32)33)10-16(8-12)22(34,35)36/h5-10H,3-4H2,1-2H3. The molecule has 39 heavy (non-hydrogen) atoms. The molecule has 3 nitrogen and oxygen atoms in total. The average Bonchev–Trinajstić information content (AvgIpc) is 2.76. The fourth-order valence-electron chi connectivity index (χ4n) is 3.14. The van der Waals surface area contributed by atoms with Crippen molar-refractivity contribution >= 4 is 31.9 Å². The van der Waals surface area contributed by atoms with E-state index in [0.29, 0.717) is 0 Å². The molecule has 2 atom stereocenters. The van der Waals surface area contributed by atoms with Crippen LogP contribution in [0.2, 0.25) is 0 Å². The molecule has 220 valence electrons. The van der Waals surface area contributed by atoms with Crippen molar-refractivity contribution in [3.63, 3.8) is 0 Å². The predicted molar refractivity (Wildman–Crippen MR) is 118 cm³/mol. The Kier molecular flexibility index (Phi) is 9.81. The summed E-state index contributed by atoms with van der Waals surface area (Å²) in [7, 11) is 0. The number of alkyl halides is 14. The Morgan fingerprint density at radius 2 is 0.667 bits per heavy atom. The van der Waals surface area contributed by atoms with Crippen LogP contribution < -0.4 is 0 Å². The number of halogens is 14. The van der Waals surface area contributed by atoms with Crippen LogP contribution in [0.25, 0.3) is 0 Å². The van der Waals surface area contributed by atoms with E-state index in [2.05, 4.69) is 31.9 Å². The van der Waals surface area contributed by atoms with E-state index in [9.17, 15) is 52.7 Å². The van der Waals surface area contributed by atoms with Crippen molar-refractivity contribution in [3.05, 3.63) is 69.8 Å². The van der Waals surface area contributed by atoms with Crippen molar-refractivity contribution in [2.75, 3.05) is 13.2 Å². The van der Waals surface area contributed by atoms with E-state index < -0.39 is 80.7 Å². The Balaban J connectivity index is 2.84. The van der Waals surface area contributed by atoms with E-state index in [1.54, 1.807) is 0 Å². The molecular formula is C22H16Br2F12O3. The summed E-state index contributed by atoms with van der Waals surface area (Å²) in [4.78, 5) is 0. The lowest BCUT2D eigenvalue weighted by Gasteiger charge is -2.38. The van der Waals surface area contributed by atoms with E-state index in [-0.39, 0.29) is 36.4 Å². The molecule has 0 aliphatic heterocycles. The van der Waals surface area contributed by atoms with Gasteiger partial charge in [0.25, 0.3) is 9.39 Å². The third-order valence-corrected chi connectivity index (χ3v) is 6.48. The monoisotopic (exact) mass is 714 g/mol. The van der Waals surface area contributed by atoms with Gasteiger partial charge in [-0.05, 0) is 82.1 Å². The van der Waals surface area contributed by atoms with Crippen LogP contribution in [-0.2, 0) is 48.3 Å². The van der Waals surface area contributed by atoms with Crippen LogP contribution in [0.5, 0.6) is 0 Å². The van der Waals surface area contributed by atoms with Gasteiger partial charge in [0.2, 0.25) is 0 Å². The minimum Gasteiger partial charge on any atom is -0.337 e. The van der Waals surface area contributed by atoms with Crippen molar-refractivity contribution in [2.24, 2.45) is 0 Å². The summed E-state index contributed by atoms with van der Waals surface area (Å²) in [6.07, 6.45) is -21.2. The maximum absolute atomic E-state index is 13.4. The van der Waals surface area contributed by atoms with Gasteiger partial charge in [0.15, 0.2) is 0 Å². The van der Waals surface area contributed by atoms with Crippen LogP contribution in [0.1, 0.15) is 47.2 Å². The Bertz CT molecular complexity index is 1010. The van der Waals surface area contributed by atoms with Crippen LogP contribution >= 0.6 is 31.9 Å². The van der Waals surface area contributed by atoms with Crippen LogP contribution in [-0.4, -0.2) is 13.2 Å². The first kappa shape index (κ1) is 33.6. The minimum absolute atomic E-state index is 0.199. The van der Waals surface area contributed by atoms with Gasteiger partial charge in [0.05, 0.1) is 22.3 Å². The molecule has 2 rings (SSSR count). The summed E-state index contributed by atoms with van der Waals surface area (Å²) in [6, 6.07) is 0.404. The molecule has 0 bridgehead atoms. The first-order chi connectivity index (χ1) is 17.5. The average molecular weight is 716 g/mol. The van der Waals surface area contributed by atoms with Gasteiger partial charge in [0.1, 0.15) is 0 Å². The summed E-state index contributed by atoms with van der Waals surface area (Å²) >= 11 is 5.48. The van der Waals surface area contributed by atoms with Gasteiger partial charge >= 0.3 is 24.7 Å². The number of hydrogen-bond donors (Lipinski definition) is 0. The van der Waals surface area contributed by atoms with Gasteiger partial charge in [0, 0.05) is 24.3 Å². The topological polar surface area (TPSA) is 27.7 Å². The van der Waals surface area contributed by atoms with Crippen molar-refractivity contribution < 1.29 is 66.9 Å². The van der Waals surface area contributed by atoms with Gasteiger partial charge in [-0.3, -0.25) is 4.74 Å². The highest BCUT2D eigenvalue weighted by Gasteiger charge is 2.48. The fraction of sp³-hybridized carbons (Fsp3) is 0.455. The molecule has 2 aromatic carbocycles. The van der Waals surface area contributed by atoms with E-state index >= 15 is 0 Å². The van der Waals surface area contributed by atoms with E-state index in [4.69, 9.17) is 14.2 Å². The van der Waals surface area contributed by atoms with Crippen molar-refractivity contribution in [3.8, 4) is 0 Å². The van der Waals surface area contributed by atoms with E-state index in [0.717, 1.165) is 0 Å². The van der Waals surface area contributed by atoms with Crippen molar-refractivity contribution in [1.82, 2.24) is 0 Å². The van der Waals surface area contributed by atoms with Gasteiger partial charge in [-0.15, -0.1) is 0 Å². The molecule has 0 aliphatic carbocycles. The maximum atomic E-state index is 13.4. The first-order valence-corrected chi connectivity index (χ1v) is 12.0. The lowest BCUT2D eigenvalue weighted by atomic mass is 10.0. The fourth-order valence-corrected chi connectivity index (χ4v) is 4.73. The molecule has 17 heteroatoms. The summed E-state index contributed by atoms with van der Waals surface area (Å²) < 4.78 is 171. The first-order valence-electron chi connectivity index (χ1n) is 10.4. The summed E-state index contributed by atoms with van der Waals surface area (Å²) in [6.45, 7) is 1.52. The molecule has 0 saturated heterocycles. The smallest absolute Gasteiger partial charge is 0.337 e. The quantitative estimate of drug-likeness (QED) is 0.155. The Hall–Kier alpha value is -1.56. The zero-order valence-electron chi connectivity index (χ0n) is 19.4. The molecule has 0 spiro atoms. The van der Waals surface area contributed by atoms with Gasteiger partial charge in [-0.1, -0.05) is 0 Å². The molecule has 0 N–H and O–H groups in total. The molecule has 0 radical (unpaired) electrons. The molecule has 0 heterocycles. The second-order valence-corrected chi connectivity index (χ2v) is 9.72. The third-order valence-electron chi connectivity index (χ3n) is 4.79. The molecule has 0 aliphatic rings. The summed E-state index contributed by atoms with van der Waals surface area (Å²) in [5.74, 6) is 0. The molecule has 0 fully saturated rings. The number of rotatable bonds is 8. The normalized spacial score (nSPS) is 16.6. The van der Waals surface area contributed by atoms with E-state index in [1.165, 1.54) is 13.8 Å². The van der Waals surface area contributed by atoms with Crippen LogP contribution in [0.15, 0.2) is 36.4 Å². The molecular weight excluding hydrogens is 700 g/mol. The lowest BCUT2D eigenvalue weighted by molar-refractivity contribution is -0.285. The highest BCUT2D eigenvalue weighted by Crippen LogP contribution is 2.49. The van der Waals surface area contributed by atoms with Gasteiger partial charge in [-0.2, -0.15) is 52.7 Å². The minimum atomic E-state index is -5.30. The van der Waals surface area contributed by atoms with E-state index in [1.807, 2.05) is 0 Å².